The van der Waals surface area contributed by atoms with E-state index < -0.39 is 77.0 Å². The van der Waals surface area contributed by atoms with Crippen LogP contribution in [0.3, 0.4) is 0 Å². The first-order valence-corrected chi connectivity index (χ1v) is 17.4. The number of hydrogen-bond acceptors (Lipinski definition) is 8. The molecule has 4 aromatic rings. The van der Waals surface area contributed by atoms with Crippen molar-refractivity contribution in [2.45, 2.75) is 43.8 Å². The van der Waals surface area contributed by atoms with E-state index in [1.807, 2.05) is 35.2 Å². The molecule has 0 aliphatic carbocycles. The normalized spacial score (nSPS) is 17.1. The Morgan fingerprint density at radius 1 is 0.909 bits per heavy atom. The van der Waals surface area contributed by atoms with Gasteiger partial charge in [-0.25, -0.2) is 23.3 Å². The second kappa shape index (κ2) is 16.9. The summed E-state index contributed by atoms with van der Waals surface area (Å²) in [6.45, 7) is 0.761. The number of cyclic esters (lactones) is 1. The summed E-state index contributed by atoms with van der Waals surface area (Å²) in [6, 6.07) is 21.3. The lowest BCUT2D eigenvalue weighted by Gasteiger charge is -2.26. The Kier molecular flexibility index (Phi) is 11.9. The van der Waals surface area contributed by atoms with Crippen molar-refractivity contribution in [1.29, 1.82) is 0 Å². The maximum Gasteiger partial charge on any atom is 0.416 e. The number of nitrogens with zero attached hydrogens (tertiary/aromatic N) is 3. The highest BCUT2D eigenvalue weighted by Crippen LogP contribution is 2.38. The number of likely N-dealkylation sites (tertiary alicyclic amines) is 1. The molecule has 0 saturated carbocycles. The zero-order chi connectivity index (χ0) is 39.2. The molecule has 0 aromatic heterocycles. The van der Waals surface area contributed by atoms with Crippen molar-refractivity contribution >= 4 is 35.3 Å². The molecule has 2 aliphatic heterocycles. The van der Waals surface area contributed by atoms with E-state index in [1.54, 1.807) is 54.6 Å². The summed E-state index contributed by atoms with van der Waals surface area (Å²) in [5.41, 5.74) is 0.217. The summed E-state index contributed by atoms with van der Waals surface area (Å²) >= 11 is 0. The predicted molar refractivity (Wildman–Crippen MR) is 192 cm³/mol. The molecule has 0 bridgehead atoms. The third-order valence-corrected chi connectivity index (χ3v) is 9.57. The fourth-order valence-electron chi connectivity index (χ4n) is 6.92. The molecule has 6 rings (SSSR count). The monoisotopic (exact) mass is 760 g/mol. The topological polar surface area (TPSA) is 138 Å². The van der Waals surface area contributed by atoms with Crippen molar-refractivity contribution in [1.82, 2.24) is 9.80 Å². The number of carboxylic acid groups (broad SMARTS) is 1. The van der Waals surface area contributed by atoms with Gasteiger partial charge < -0.3 is 19.9 Å². The van der Waals surface area contributed by atoms with Gasteiger partial charge in [0.15, 0.2) is 23.4 Å². The fraction of sp³-hybridized carbons (Fsp3) is 0.275. The van der Waals surface area contributed by atoms with Gasteiger partial charge >= 0.3 is 12.1 Å². The average Bonchev–Trinajstić information content (AvgIpc) is 3.84. The molecule has 3 amide bonds. The van der Waals surface area contributed by atoms with Gasteiger partial charge in [0.25, 0.3) is 0 Å². The molecule has 0 radical (unpaired) electrons. The van der Waals surface area contributed by atoms with Crippen molar-refractivity contribution in [3.8, 4) is 5.75 Å². The number of nitrogens with one attached hydrogen (secondary N) is 1. The summed E-state index contributed by atoms with van der Waals surface area (Å²) in [5, 5.41) is 13.6. The number of imide groups is 1. The summed E-state index contributed by atoms with van der Waals surface area (Å²) in [7, 11) is 0.778. The quantitative estimate of drug-likeness (QED) is 0.0921. The van der Waals surface area contributed by atoms with Crippen LogP contribution in [0.4, 0.5) is 28.0 Å². The third kappa shape index (κ3) is 8.21. The number of methoxy groups -OCH3 is 1. The number of para-hydroxylation sites is 1. The van der Waals surface area contributed by atoms with E-state index in [4.69, 9.17) is 4.74 Å². The van der Waals surface area contributed by atoms with Crippen LogP contribution in [-0.4, -0.2) is 83.4 Å². The minimum atomic E-state index is -2.30. The van der Waals surface area contributed by atoms with Crippen molar-refractivity contribution < 1.29 is 51.3 Å². The van der Waals surface area contributed by atoms with Gasteiger partial charge in [-0.3, -0.25) is 19.5 Å². The van der Waals surface area contributed by atoms with Gasteiger partial charge in [-0.1, -0.05) is 78.9 Å². The van der Waals surface area contributed by atoms with Gasteiger partial charge in [0.05, 0.1) is 31.1 Å². The smallest absolute Gasteiger partial charge is 0.416 e. The van der Waals surface area contributed by atoms with Gasteiger partial charge in [-0.15, -0.1) is 0 Å². The standard InChI is InChI=1S/C40H36F4N4O7/c1-54-37-33(43)31(41)30(32(42)34(37)44)26(21-29(49)48-19-20-55-40(48)53)36(39(51)52)46-35(24-13-6-3-7-14-24)25-15-8-9-16-27(25)45-38(50)28-17-10-18-47(28)22-23-11-4-2-5-12-23/h2-9,11-16,26,28,36H,10,17-22H2,1H3,(H,45,50)(H,51,52)/t26-,28-,36+/m0/s1. The number of rotatable bonds is 13. The number of carbonyl (C=O) groups is 4. The molecule has 11 nitrogen and oxygen atoms in total. The lowest BCUT2D eigenvalue weighted by atomic mass is 9.86. The minimum Gasteiger partial charge on any atom is -0.491 e. The average molecular weight is 761 g/mol. The summed E-state index contributed by atoms with van der Waals surface area (Å²) in [5.74, 6) is -14.9. The third-order valence-electron chi connectivity index (χ3n) is 9.57. The van der Waals surface area contributed by atoms with Crippen LogP contribution in [0.5, 0.6) is 5.75 Å². The van der Waals surface area contributed by atoms with Crippen LogP contribution in [0.25, 0.3) is 0 Å². The highest BCUT2D eigenvalue weighted by atomic mass is 19.2. The Labute approximate surface area is 313 Å². The van der Waals surface area contributed by atoms with Gasteiger partial charge in [0.2, 0.25) is 23.4 Å². The van der Waals surface area contributed by atoms with E-state index in [1.165, 1.54) is 0 Å². The molecule has 4 aromatic carbocycles. The SMILES string of the molecule is COc1c(F)c(F)c([C@H](CC(=O)N2CCOC2=O)[C@@H](N=C(c2ccccc2)c2ccccc2NC(=O)[C@@H]2CCCN2Cc2ccccc2)C(=O)O)c(F)c1F. The zero-order valence-electron chi connectivity index (χ0n) is 29.5. The fourth-order valence-corrected chi connectivity index (χ4v) is 6.92. The Bertz CT molecular complexity index is 2090. The molecule has 55 heavy (non-hydrogen) atoms. The Morgan fingerprint density at radius 2 is 1.55 bits per heavy atom. The zero-order valence-corrected chi connectivity index (χ0v) is 29.5. The van der Waals surface area contributed by atoms with Crippen molar-refractivity contribution in [3.05, 3.63) is 130 Å². The van der Waals surface area contributed by atoms with Gasteiger partial charge in [0.1, 0.15) is 6.61 Å². The first-order valence-electron chi connectivity index (χ1n) is 17.4. The number of carbonyl (C=O) groups excluding carboxylic acids is 3. The second-order valence-corrected chi connectivity index (χ2v) is 12.9. The van der Waals surface area contributed by atoms with Crippen molar-refractivity contribution in [2.75, 3.05) is 32.1 Å². The lowest BCUT2D eigenvalue weighted by molar-refractivity contribution is -0.139. The number of aliphatic carboxylic acids is 1. The number of anilines is 1. The van der Waals surface area contributed by atoms with Crippen LogP contribution < -0.4 is 10.1 Å². The van der Waals surface area contributed by atoms with E-state index in [0.717, 1.165) is 19.1 Å². The van der Waals surface area contributed by atoms with E-state index >= 15 is 17.6 Å². The van der Waals surface area contributed by atoms with Crippen LogP contribution in [0.2, 0.25) is 0 Å². The summed E-state index contributed by atoms with van der Waals surface area (Å²) < 4.78 is 71.3. The maximum atomic E-state index is 15.8. The van der Waals surface area contributed by atoms with Crippen LogP contribution in [-0.2, 0) is 25.7 Å². The van der Waals surface area contributed by atoms with Crippen molar-refractivity contribution in [2.24, 2.45) is 4.99 Å². The lowest BCUT2D eigenvalue weighted by Crippen LogP contribution is -2.39. The van der Waals surface area contributed by atoms with Gasteiger partial charge in [-0.05, 0) is 31.0 Å². The van der Waals surface area contributed by atoms with E-state index in [2.05, 4.69) is 15.0 Å². The van der Waals surface area contributed by atoms with Gasteiger partial charge in [-0.2, -0.15) is 8.78 Å². The van der Waals surface area contributed by atoms with Crippen LogP contribution in [0.15, 0.2) is 89.9 Å². The first kappa shape index (κ1) is 38.6. The molecule has 0 spiro atoms. The molecule has 286 valence electrons. The molecule has 2 heterocycles. The van der Waals surface area contributed by atoms with E-state index in [0.29, 0.717) is 30.0 Å². The Balaban J connectivity index is 1.45. The second-order valence-electron chi connectivity index (χ2n) is 12.9. The Hall–Kier alpha value is -6.09. The minimum absolute atomic E-state index is 0.0928. The van der Waals surface area contributed by atoms with Crippen LogP contribution in [0.1, 0.15) is 47.4 Å². The number of hydrogen-bond donors (Lipinski definition) is 2. The molecule has 2 fully saturated rings. The Morgan fingerprint density at radius 3 is 2.16 bits per heavy atom. The molecule has 2 saturated heterocycles. The first-order chi connectivity index (χ1) is 26.5. The van der Waals surface area contributed by atoms with E-state index in [9.17, 15) is 24.3 Å². The van der Waals surface area contributed by atoms with E-state index in [-0.39, 0.29) is 36.0 Å². The highest BCUT2D eigenvalue weighted by molar-refractivity contribution is 6.18. The van der Waals surface area contributed by atoms with Gasteiger partial charge in [0, 0.05) is 35.6 Å². The number of benzene rings is 4. The maximum absolute atomic E-state index is 15.8. The number of aliphatic imine (C=N–C) groups is 1. The molecule has 15 heteroatoms. The van der Waals surface area contributed by atoms with Crippen LogP contribution >= 0.6 is 0 Å². The molecule has 2 N–H and O–H groups in total. The largest absolute Gasteiger partial charge is 0.491 e. The molecule has 0 unspecified atom stereocenters. The number of ether oxygens (including phenoxy) is 2. The highest BCUT2D eigenvalue weighted by Gasteiger charge is 2.42. The summed E-state index contributed by atoms with van der Waals surface area (Å²) in [6.07, 6.45) is -0.869. The summed E-state index contributed by atoms with van der Waals surface area (Å²) in [4.78, 5) is 59.8. The number of amides is 3. The molecule has 2 aliphatic rings. The molecule has 3 atom stereocenters. The number of halogens is 4. The van der Waals surface area contributed by atoms with Crippen LogP contribution in [0, 0.1) is 23.3 Å². The number of carboxylic acids is 1. The predicted octanol–water partition coefficient (Wildman–Crippen LogP) is 6.30. The van der Waals surface area contributed by atoms with Crippen molar-refractivity contribution in [3.63, 3.8) is 0 Å². The molecular weight excluding hydrogens is 724 g/mol. The molecular formula is C40H36F4N4O7.